The minimum atomic E-state index is -0.758. The monoisotopic (exact) mass is 480 g/mol. The fraction of sp³-hybridized carbons (Fsp3) is 0.286. The second-order valence-corrected chi connectivity index (χ2v) is 8.88. The van der Waals surface area contributed by atoms with E-state index in [-0.39, 0.29) is 30.8 Å². The van der Waals surface area contributed by atoms with Gasteiger partial charge < -0.3 is 10.2 Å². The van der Waals surface area contributed by atoms with Crippen LogP contribution in [0.3, 0.4) is 0 Å². The molecule has 34 heavy (non-hydrogen) atoms. The van der Waals surface area contributed by atoms with Gasteiger partial charge in [0.2, 0.25) is 11.8 Å². The lowest BCUT2D eigenvalue weighted by atomic mass is 10.0. The van der Waals surface area contributed by atoms with E-state index in [2.05, 4.69) is 5.32 Å². The standard InChI is InChI=1S/C28H30ClFN2O2/c1-3-20(2)31-28(34)26(17-21-9-5-4-6-10-21)32(19-22-13-15-24(29)16-14-22)27(33)18-23-11-7-8-12-25(23)30/h4-16,20,26H,3,17-19H2,1-2H3,(H,31,34)/t20-,26-/m1/s1. The smallest absolute Gasteiger partial charge is 0.243 e. The number of hydrogen-bond donors (Lipinski definition) is 1. The Balaban J connectivity index is 1.97. The van der Waals surface area contributed by atoms with E-state index in [4.69, 9.17) is 11.6 Å². The van der Waals surface area contributed by atoms with Crippen LogP contribution in [0.15, 0.2) is 78.9 Å². The normalized spacial score (nSPS) is 12.6. The number of carbonyl (C=O) groups excluding carboxylic acids is 2. The summed E-state index contributed by atoms with van der Waals surface area (Å²) < 4.78 is 14.3. The quantitative estimate of drug-likeness (QED) is 0.412. The molecule has 0 aliphatic carbocycles. The maximum absolute atomic E-state index is 14.3. The molecule has 0 aliphatic heterocycles. The highest BCUT2D eigenvalue weighted by Gasteiger charge is 2.31. The van der Waals surface area contributed by atoms with E-state index in [1.165, 1.54) is 6.07 Å². The van der Waals surface area contributed by atoms with Gasteiger partial charge in [-0.2, -0.15) is 0 Å². The zero-order valence-corrected chi connectivity index (χ0v) is 20.3. The topological polar surface area (TPSA) is 49.4 Å². The third kappa shape index (κ3) is 7.16. The molecule has 1 N–H and O–H groups in total. The summed E-state index contributed by atoms with van der Waals surface area (Å²) in [6.45, 7) is 4.13. The molecule has 0 saturated carbocycles. The van der Waals surface area contributed by atoms with Crippen molar-refractivity contribution in [1.82, 2.24) is 10.2 Å². The minimum Gasteiger partial charge on any atom is -0.352 e. The van der Waals surface area contributed by atoms with Crippen LogP contribution in [0.2, 0.25) is 5.02 Å². The third-order valence-corrected chi connectivity index (χ3v) is 6.09. The molecule has 0 aliphatic rings. The van der Waals surface area contributed by atoms with E-state index in [1.54, 1.807) is 35.2 Å². The van der Waals surface area contributed by atoms with Crippen LogP contribution in [0.4, 0.5) is 4.39 Å². The minimum absolute atomic E-state index is 0.0372. The summed E-state index contributed by atoms with van der Waals surface area (Å²) in [5, 5.41) is 3.61. The van der Waals surface area contributed by atoms with E-state index in [0.717, 1.165) is 17.5 Å². The Morgan fingerprint density at radius 2 is 1.59 bits per heavy atom. The van der Waals surface area contributed by atoms with Crippen LogP contribution in [-0.2, 0) is 29.0 Å². The number of carbonyl (C=O) groups is 2. The predicted octanol–water partition coefficient (Wildman–Crippen LogP) is 5.58. The van der Waals surface area contributed by atoms with Crippen LogP contribution in [-0.4, -0.2) is 28.8 Å². The van der Waals surface area contributed by atoms with E-state index in [9.17, 15) is 14.0 Å². The molecule has 0 saturated heterocycles. The van der Waals surface area contributed by atoms with Crippen LogP contribution < -0.4 is 5.32 Å². The zero-order chi connectivity index (χ0) is 24.5. The summed E-state index contributed by atoms with van der Waals surface area (Å²) in [6.07, 6.45) is 0.978. The van der Waals surface area contributed by atoms with Crippen molar-refractivity contribution in [2.45, 2.75) is 51.7 Å². The van der Waals surface area contributed by atoms with Gasteiger partial charge in [0.1, 0.15) is 11.9 Å². The molecule has 6 heteroatoms. The Labute approximate surface area is 205 Å². The van der Waals surface area contributed by atoms with Crippen molar-refractivity contribution in [3.63, 3.8) is 0 Å². The SMILES string of the molecule is CC[C@@H](C)NC(=O)[C@@H](Cc1ccccc1)N(Cc1ccc(Cl)cc1)C(=O)Cc1ccccc1F. The highest BCUT2D eigenvalue weighted by molar-refractivity contribution is 6.30. The molecular formula is C28H30ClFN2O2. The van der Waals surface area contributed by atoms with Gasteiger partial charge in [-0.15, -0.1) is 0 Å². The molecule has 0 unspecified atom stereocenters. The van der Waals surface area contributed by atoms with E-state index < -0.39 is 11.9 Å². The van der Waals surface area contributed by atoms with Crippen molar-refractivity contribution in [1.29, 1.82) is 0 Å². The van der Waals surface area contributed by atoms with Gasteiger partial charge in [-0.05, 0) is 48.2 Å². The highest BCUT2D eigenvalue weighted by Crippen LogP contribution is 2.19. The van der Waals surface area contributed by atoms with Gasteiger partial charge in [-0.25, -0.2) is 4.39 Å². The molecule has 2 amide bonds. The average Bonchev–Trinajstić information content (AvgIpc) is 2.84. The molecule has 3 rings (SSSR count). The summed E-state index contributed by atoms with van der Waals surface area (Å²) in [4.78, 5) is 28.6. The molecule has 178 valence electrons. The van der Waals surface area contributed by atoms with E-state index in [0.29, 0.717) is 17.0 Å². The molecule has 0 spiro atoms. The molecule has 3 aromatic carbocycles. The van der Waals surface area contributed by atoms with Crippen LogP contribution >= 0.6 is 11.6 Å². The maximum Gasteiger partial charge on any atom is 0.243 e. The lowest BCUT2D eigenvalue weighted by molar-refractivity contribution is -0.141. The van der Waals surface area contributed by atoms with Crippen molar-refractivity contribution < 1.29 is 14.0 Å². The largest absolute Gasteiger partial charge is 0.352 e. The van der Waals surface area contributed by atoms with Gasteiger partial charge in [0.05, 0.1) is 6.42 Å². The van der Waals surface area contributed by atoms with Crippen molar-refractivity contribution in [2.75, 3.05) is 0 Å². The summed E-state index contributed by atoms with van der Waals surface area (Å²) in [7, 11) is 0. The fourth-order valence-corrected chi connectivity index (χ4v) is 3.81. The Morgan fingerprint density at radius 3 is 2.24 bits per heavy atom. The molecule has 0 heterocycles. The number of hydrogen-bond acceptors (Lipinski definition) is 2. The highest BCUT2D eigenvalue weighted by atomic mass is 35.5. The first-order valence-corrected chi connectivity index (χ1v) is 11.9. The maximum atomic E-state index is 14.3. The molecule has 2 atom stereocenters. The summed E-state index contributed by atoms with van der Waals surface area (Å²) >= 11 is 6.04. The summed E-state index contributed by atoms with van der Waals surface area (Å²) in [6, 6.07) is 22.2. The Morgan fingerprint density at radius 1 is 0.941 bits per heavy atom. The number of rotatable bonds is 10. The zero-order valence-electron chi connectivity index (χ0n) is 19.5. The van der Waals surface area contributed by atoms with Crippen LogP contribution in [0.25, 0.3) is 0 Å². The van der Waals surface area contributed by atoms with Gasteiger partial charge in [0, 0.05) is 24.0 Å². The molecule has 4 nitrogen and oxygen atoms in total. The third-order valence-electron chi connectivity index (χ3n) is 5.84. The molecule has 0 radical (unpaired) electrons. The molecular weight excluding hydrogens is 451 g/mol. The van der Waals surface area contributed by atoms with Crippen molar-refractivity contribution in [3.05, 3.63) is 106 Å². The van der Waals surface area contributed by atoms with Gasteiger partial charge in [-0.1, -0.05) is 79.2 Å². The summed E-state index contributed by atoms with van der Waals surface area (Å²) in [5.74, 6) is -0.986. The number of amides is 2. The Bertz CT molecular complexity index is 1090. The van der Waals surface area contributed by atoms with Crippen LogP contribution in [0, 0.1) is 5.82 Å². The molecule has 0 bridgehead atoms. The van der Waals surface area contributed by atoms with Crippen molar-refractivity contribution in [3.8, 4) is 0 Å². The second kappa shape index (κ2) is 12.3. The van der Waals surface area contributed by atoms with Crippen molar-refractivity contribution >= 4 is 23.4 Å². The van der Waals surface area contributed by atoms with Crippen molar-refractivity contribution in [2.24, 2.45) is 0 Å². The lowest BCUT2D eigenvalue weighted by Gasteiger charge is -2.32. The number of nitrogens with zero attached hydrogens (tertiary/aromatic N) is 1. The van der Waals surface area contributed by atoms with E-state index in [1.807, 2.05) is 56.3 Å². The Hall–Kier alpha value is -3.18. The molecule has 0 fully saturated rings. The average molecular weight is 481 g/mol. The number of halogens is 2. The molecule has 3 aromatic rings. The first-order valence-electron chi connectivity index (χ1n) is 11.5. The summed E-state index contributed by atoms with van der Waals surface area (Å²) in [5.41, 5.74) is 2.07. The van der Waals surface area contributed by atoms with Gasteiger partial charge in [0.25, 0.3) is 0 Å². The predicted molar refractivity (Wildman–Crippen MR) is 134 cm³/mol. The number of benzene rings is 3. The van der Waals surface area contributed by atoms with Crippen LogP contribution in [0.5, 0.6) is 0 Å². The number of nitrogens with one attached hydrogen (secondary N) is 1. The van der Waals surface area contributed by atoms with Crippen LogP contribution in [0.1, 0.15) is 37.0 Å². The van der Waals surface area contributed by atoms with Gasteiger partial charge in [0.15, 0.2) is 0 Å². The molecule has 0 aromatic heterocycles. The van der Waals surface area contributed by atoms with Gasteiger partial charge in [-0.3, -0.25) is 9.59 Å². The second-order valence-electron chi connectivity index (χ2n) is 8.44. The first-order chi connectivity index (χ1) is 16.4. The first kappa shape index (κ1) is 25.4. The van der Waals surface area contributed by atoms with E-state index >= 15 is 0 Å². The van der Waals surface area contributed by atoms with Gasteiger partial charge >= 0.3 is 0 Å². The Kier molecular flexibility index (Phi) is 9.23. The lowest BCUT2D eigenvalue weighted by Crippen LogP contribution is -2.52. The fourth-order valence-electron chi connectivity index (χ4n) is 3.69.